The van der Waals surface area contributed by atoms with Gasteiger partial charge in [-0.3, -0.25) is 4.79 Å². The van der Waals surface area contributed by atoms with Gasteiger partial charge in [-0.15, -0.1) is 0 Å². The van der Waals surface area contributed by atoms with Crippen LogP contribution in [0.1, 0.15) is 13.3 Å². The Kier molecular flexibility index (Phi) is 48.9. The fraction of sp³-hybridized carbons (Fsp3) is 0.467. The maximum absolute atomic E-state index is 11.1. The zero-order valence-corrected chi connectivity index (χ0v) is 19.4. The quantitative estimate of drug-likeness (QED) is 0.170. The van der Waals surface area contributed by atoms with Gasteiger partial charge in [0, 0.05) is 21.1 Å². The number of carbonyl (C=O) groups excluding carboxylic acids is 1. The molecular weight excluding hydrogens is 535 g/mol. The molecule has 1 aliphatic rings. The molecule has 1 atom stereocenters. The summed E-state index contributed by atoms with van der Waals surface area (Å²) in [7, 11) is -1.36. The van der Waals surface area contributed by atoms with E-state index in [2.05, 4.69) is 58.7 Å². The van der Waals surface area contributed by atoms with Crippen LogP contribution in [0.4, 0.5) is 0 Å². The van der Waals surface area contributed by atoms with Crippen LogP contribution in [0, 0.1) is 33.3 Å². The minimum Gasteiger partial charge on any atom is 0 e. The van der Waals surface area contributed by atoms with E-state index in [1.54, 1.807) is 4.94 Å². The van der Waals surface area contributed by atoms with Crippen LogP contribution in [0.5, 0.6) is 0 Å². The molecular formula is C15H20O7PSiW+. The summed E-state index contributed by atoms with van der Waals surface area (Å²) in [5.41, 5.74) is 0. The van der Waals surface area contributed by atoms with Crippen molar-refractivity contribution in [2.24, 2.45) is 0 Å². The summed E-state index contributed by atoms with van der Waals surface area (Å²) in [6, 6.07) is 0. The van der Waals surface area contributed by atoms with Crippen LogP contribution < -0.4 is 0 Å². The summed E-state index contributed by atoms with van der Waals surface area (Å²) in [6.45, 7) is 32.0. The first-order valence-corrected chi connectivity index (χ1v) is 11.5. The molecule has 136 valence electrons. The van der Waals surface area contributed by atoms with Crippen LogP contribution in [0.3, 0.4) is 0 Å². The van der Waals surface area contributed by atoms with Gasteiger partial charge in [0.05, 0.1) is 37.9 Å². The maximum Gasteiger partial charge on any atom is 0 e. The van der Waals surface area contributed by atoms with Crippen LogP contribution in [0.25, 0.3) is 0 Å². The van der Waals surface area contributed by atoms with E-state index in [9.17, 15) is 4.79 Å². The number of rotatable bonds is 5. The molecule has 1 aliphatic heterocycles. The Hall–Kier alpha value is -0.755. The molecule has 0 aromatic carbocycles. The average Bonchev–Trinajstić information content (AvgIpc) is 3.42. The van der Waals surface area contributed by atoms with Crippen LogP contribution >= 0.6 is 7.92 Å². The summed E-state index contributed by atoms with van der Waals surface area (Å²) in [5.74, 6) is 2.40. The Morgan fingerprint density at radius 1 is 1.00 bits per heavy atom. The number of hydrogen-bond acceptors (Lipinski definition) is 2. The van der Waals surface area contributed by atoms with Crippen molar-refractivity contribution in [3.8, 4) is 0 Å². The van der Waals surface area contributed by atoms with Crippen LogP contribution in [-0.4, -0.2) is 26.8 Å². The number of hydrogen-bond donors (Lipinski definition) is 0. The van der Waals surface area contributed by atoms with Crippen molar-refractivity contribution in [2.75, 3.05) is 12.8 Å². The van der Waals surface area contributed by atoms with E-state index in [0.717, 1.165) is 6.16 Å². The van der Waals surface area contributed by atoms with Gasteiger partial charge in [0.1, 0.15) is 8.07 Å². The molecule has 1 heterocycles. The third-order valence-electron chi connectivity index (χ3n) is 2.29. The van der Waals surface area contributed by atoms with E-state index in [1.165, 1.54) is 0 Å². The van der Waals surface area contributed by atoms with Crippen LogP contribution in [0.2, 0.25) is 19.6 Å². The molecule has 1 rings (SSSR count). The normalized spacial score (nSPS) is 11.8. The third-order valence-corrected chi connectivity index (χ3v) is 9.51. The average molecular weight is 555 g/mol. The molecule has 25 heavy (non-hydrogen) atoms. The molecule has 0 spiro atoms. The predicted octanol–water partition coefficient (Wildman–Crippen LogP) is 2.70. The van der Waals surface area contributed by atoms with Crippen molar-refractivity contribution in [3.63, 3.8) is 0 Å². The number of esters is 1. The second-order valence-corrected chi connectivity index (χ2v) is 12.6. The van der Waals surface area contributed by atoms with Gasteiger partial charge in [-0.25, -0.2) is 0 Å². The van der Waals surface area contributed by atoms with Gasteiger partial charge in [0.2, 0.25) is 0 Å². The maximum atomic E-state index is 11.1. The first-order chi connectivity index (χ1) is 11.4. The Labute approximate surface area is 165 Å². The van der Waals surface area contributed by atoms with Crippen molar-refractivity contribution in [3.05, 3.63) is 44.0 Å². The van der Waals surface area contributed by atoms with E-state index in [4.69, 9.17) is 28.0 Å². The summed E-state index contributed by atoms with van der Waals surface area (Å²) in [4.78, 5) is 12.8. The molecule has 0 aromatic rings. The van der Waals surface area contributed by atoms with Gasteiger partial charge in [-0.05, 0) is 6.92 Å². The first kappa shape index (κ1) is 39.4. The molecule has 1 unspecified atom stereocenters. The Morgan fingerprint density at radius 2 is 1.36 bits per heavy atom. The zero-order valence-electron chi connectivity index (χ0n) is 14.5. The molecule has 0 aliphatic carbocycles. The Morgan fingerprint density at radius 3 is 1.60 bits per heavy atom. The molecule has 7 nitrogen and oxygen atoms in total. The minimum atomic E-state index is -1.02. The topological polar surface area (TPSA) is 126 Å². The van der Waals surface area contributed by atoms with Gasteiger partial charge in [-0.2, -0.15) is 0 Å². The second-order valence-electron chi connectivity index (χ2n) is 4.64. The SMILES string of the molecule is CCOC(=O)CC[PH+]1C=C1[Si](C)(C)C.[C-]#[O+].[C-]#[O+].[C-]#[O+].[C-]#[O+].[C-]#[O+].[W]. The smallest absolute Gasteiger partial charge is 0 e. The summed E-state index contributed by atoms with van der Waals surface area (Å²) in [5, 5.41) is 0. The van der Waals surface area contributed by atoms with Gasteiger partial charge in [0.25, 0.3) is 0 Å². The summed E-state index contributed by atoms with van der Waals surface area (Å²) >= 11 is 0. The van der Waals surface area contributed by atoms with Gasteiger partial charge < -0.3 is 4.74 Å². The van der Waals surface area contributed by atoms with Crippen molar-refractivity contribution in [1.82, 2.24) is 0 Å². The number of carbonyl (C=O) groups is 1. The van der Waals surface area contributed by atoms with Crippen molar-refractivity contribution >= 4 is 22.0 Å². The Balaban J connectivity index is -0.0000000708. The zero-order chi connectivity index (χ0) is 20.8. The molecule has 0 bridgehead atoms. The fourth-order valence-corrected chi connectivity index (χ4v) is 9.47. The second kappa shape index (κ2) is 31.1. The summed E-state index contributed by atoms with van der Waals surface area (Å²) < 4.78 is 42.4. The third kappa shape index (κ3) is 28.3. The minimum absolute atomic E-state index is 0. The van der Waals surface area contributed by atoms with Crippen molar-refractivity contribution in [2.45, 2.75) is 33.0 Å². The molecule has 0 amide bonds. The first-order valence-electron chi connectivity index (χ1n) is 6.21. The molecule has 0 N–H and O–H groups in total. The standard InChI is InChI=1S/C10H19O2PSi.5CO.W/c1-5-12-9(11)6-7-13-8-10(13)14(2,3)4;5*1-2;/h8H,5-7H2,1-4H3;;;;;;/p+1. The van der Waals surface area contributed by atoms with E-state index in [1.807, 2.05) is 6.92 Å². The van der Waals surface area contributed by atoms with Crippen molar-refractivity contribution < 1.29 is 53.9 Å². The van der Waals surface area contributed by atoms with E-state index >= 15 is 0 Å². The van der Waals surface area contributed by atoms with Crippen LogP contribution in [-0.2, 0) is 53.9 Å². The van der Waals surface area contributed by atoms with E-state index in [0.29, 0.717) is 13.0 Å². The number of ether oxygens (including phenoxy) is 1. The molecule has 0 aromatic heterocycles. The molecule has 0 radical (unpaired) electrons. The Bertz CT molecular complexity index is 413. The molecule has 0 saturated carbocycles. The molecule has 0 saturated heterocycles. The molecule has 0 fully saturated rings. The van der Waals surface area contributed by atoms with E-state index in [-0.39, 0.29) is 35.0 Å². The largest absolute Gasteiger partial charge is 0 e. The van der Waals surface area contributed by atoms with Crippen LogP contribution in [0.15, 0.2) is 10.8 Å². The van der Waals surface area contributed by atoms with Crippen molar-refractivity contribution in [1.29, 1.82) is 0 Å². The van der Waals surface area contributed by atoms with Gasteiger partial charge in [-0.1, -0.05) is 19.6 Å². The fourth-order valence-electron chi connectivity index (χ4n) is 1.51. The van der Waals surface area contributed by atoms with Gasteiger partial charge in [0.15, 0.2) is 0 Å². The van der Waals surface area contributed by atoms with Gasteiger partial charge >= 0.3 is 62.5 Å². The summed E-state index contributed by atoms with van der Waals surface area (Å²) in [6.07, 6.45) is 1.68. The molecule has 10 heteroatoms. The van der Waals surface area contributed by atoms with E-state index < -0.39 is 8.07 Å². The predicted molar refractivity (Wildman–Crippen MR) is 85.5 cm³/mol. The monoisotopic (exact) mass is 555 g/mol.